The number of para-hydroxylation sites is 1. The van der Waals surface area contributed by atoms with Crippen molar-refractivity contribution in [1.82, 2.24) is 14.5 Å². The zero-order chi connectivity index (χ0) is 36.4. The molecule has 4 nitrogen and oxygen atoms in total. The Balaban J connectivity index is 1.28. The van der Waals surface area contributed by atoms with E-state index in [4.69, 9.17) is 9.97 Å². The number of nitrogens with zero attached hydrogens (tertiary/aromatic N) is 4. The molecule has 0 bridgehead atoms. The van der Waals surface area contributed by atoms with E-state index < -0.39 is 0 Å². The maximum absolute atomic E-state index is 10.3. The Kier molecular flexibility index (Phi) is 7.18. The molecule has 0 unspecified atom stereocenters. The summed E-state index contributed by atoms with van der Waals surface area (Å²) in [6.07, 6.45) is 0. The Bertz CT molecular complexity index is 2910. The summed E-state index contributed by atoms with van der Waals surface area (Å²) >= 11 is 0. The van der Waals surface area contributed by atoms with Crippen molar-refractivity contribution in [2.45, 2.75) is 19.3 Å². The lowest BCUT2D eigenvalue weighted by molar-refractivity contribution is 0.666. The predicted octanol–water partition coefficient (Wildman–Crippen LogP) is 12.4. The highest BCUT2D eigenvalue weighted by Crippen LogP contribution is 2.53. The molecular weight excluding hydrogens is 657 g/mol. The quantitative estimate of drug-likeness (QED) is 0.181. The number of aromatic nitrogens is 3. The molecule has 9 aromatic rings. The number of hydrogen-bond acceptors (Lipinski definition) is 3. The number of fused-ring (bicyclic) bond motifs is 7. The van der Waals surface area contributed by atoms with E-state index in [0.717, 1.165) is 55.9 Å². The fourth-order valence-electron chi connectivity index (χ4n) is 8.56. The van der Waals surface area contributed by atoms with Gasteiger partial charge in [-0.2, -0.15) is 5.26 Å². The molecule has 1 aliphatic rings. The zero-order valence-electron chi connectivity index (χ0n) is 30.0. The van der Waals surface area contributed by atoms with Gasteiger partial charge in [0.25, 0.3) is 0 Å². The summed E-state index contributed by atoms with van der Waals surface area (Å²) in [5.74, 6) is 0.617. The van der Waals surface area contributed by atoms with Crippen LogP contribution in [-0.2, 0) is 5.41 Å². The molecule has 1 aliphatic carbocycles. The van der Waals surface area contributed by atoms with Crippen LogP contribution < -0.4 is 0 Å². The smallest absolute Gasteiger partial charge is 0.160 e. The monoisotopic (exact) mass is 690 g/mol. The molecule has 4 heteroatoms. The van der Waals surface area contributed by atoms with Gasteiger partial charge in [0.15, 0.2) is 5.82 Å². The molecule has 0 aliphatic heterocycles. The second-order valence-corrected chi connectivity index (χ2v) is 14.5. The summed E-state index contributed by atoms with van der Waals surface area (Å²) < 4.78 is 2.38. The Labute approximate surface area is 314 Å². The summed E-state index contributed by atoms with van der Waals surface area (Å²) in [6, 6.07) is 61.5. The molecule has 0 saturated heterocycles. The van der Waals surface area contributed by atoms with E-state index in [-0.39, 0.29) is 5.41 Å². The van der Waals surface area contributed by atoms with Crippen LogP contribution in [-0.4, -0.2) is 14.5 Å². The Hall–Kier alpha value is -7.09. The Morgan fingerprint density at radius 3 is 1.85 bits per heavy atom. The van der Waals surface area contributed by atoms with Crippen LogP contribution in [0.1, 0.15) is 30.5 Å². The van der Waals surface area contributed by atoms with E-state index in [1.807, 2.05) is 60.7 Å². The standard InChI is InChI=1S/C50H34N4/c1-50(2)42-23-13-11-21-39(42)40-25-26-46-47(48(40)50)41-22-12-14-24-45(41)54(46)37-28-35(38-20-10-9-19-34(38)31-51)27-36(29-37)49-52-43(32-15-5-3-6-16-32)30-44(53-49)33-17-7-4-8-18-33/h3-30H,1-2H3. The third-order valence-corrected chi connectivity index (χ3v) is 11.0. The zero-order valence-corrected chi connectivity index (χ0v) is 30.0. The molecule has 0 saturated carbocycles. The minimum atomic E-state index is -0.182. The molecule has 54 heavy (non-hydrogen) atoms. The van der Waals surface area contributed by atoms with Crippen molar-refractivity contribution in [2.75, 3.05) is 0 Å². The minimum absolute atomic E-state index is 0.182. The second kappa shape index (κ2) is 12.3. The molecule has 0 fully saturated rings. The summed E-state index contributed by atoms with van der Waals surface area (Å²) in [4.78, 5) is 10.5. The van der Waals surface area contributed by atoms with Crippen molar-refractivity contribution in [3.63, 3.8) is 0 Å². The summed E-state index contributed by atoms with van der Waals surface area (Å²) in [5, 5.41) is 12.7. The molecule has 0 spiro atoms. The maximum atomic E-state index is 10.3. The van der Waals surface area contributed by atoms with Gasteiger partial charge in [0.2, 0.25) is 0 Å². The molecule has 0 atom stereocenters. The van der Waals surface area contributed by atoms with Crippen LogP contribution in [0.25, 0.3) is 83.6 Å². The van der Waals surface area contributed by atoms with Crippen molar-refractivity contribution < 1.29 is 0 Å². The van der Waals surface area contributed by atoms with Crippen LogP contribution in [0.4, 0.5) is 0 Å². The van der Waals surface area contributed by atoms with Gasteiger partial charge >= 0.3 is 0 Å². The van der Waals surface area contributed by atoms with Crippen LogP contribution >= 0.6 is 0 Å². The van der Waals surface area contributed by atoms with Crippen molar-refractivity contribution in [2.24, 2.45) is 0 Å². The SMILES string of the molecule is CC1(C)c2ccccc2-c2ccc3c(c21)c1ccccc1n3-c1cc(-c2nc(-c3ccccc3)cc(-c3ccccc3)n2)cc(-c2ccccc2C#N)c1. The molecular formula is C50H34N4. The summed E-state index contributed by atoms with van der Waals surface area (Å²) in [6.45, 7) is 4.70. The van der Waals surface area contributed by atoms with E-state index in [1.165, 1.54) is 33.0 Å². The molecule has 0 radical (unpaired) electrons. The first-order valence-electron chi connectivity index (χ1n) is 18.3. The number of hydrogen-bond donors (Lipinski definition) is 0. The Morgan fingerprint density at radius 1 is 0.519 bits per heavy atom. The van der Waals surface area contributed by atoms with Crippen molar-refractivity contribution in [3.8, 4) is 67.9 Å². The normalized spacial score (nSPS) is 12.8. The maximum Gasteiger partial charge on any atom is 0.160 e. The van der Waals surface area contributed by atoms with Crippen LogP contribution in [0.15, 0.2) is 170 Å². The van der Waals surface area contributed by atoms with Gasteiger partial charge in [0, 0.05) is 38.6 Å². The fourth-order valence-corrected chi connectivity index (χ4v) is 8.56. The topological polar surface area (TPSA) is 54.5 Å². The minimum Gasteiger partial charge on any atom is -0.309 e. The number of benzene rings is 7. The largest absolute Gasteiger partial charge is 0.309 e. The highest BCUT2D eigenvalue weighted by Gasteiger charge is 2.38. The van der Waals surface area contributed by atoms with Gasteiger partial charge in [0.05, 0.1) is 34.1 Å². The van der Waals surface area contributed by atoms with E-state index in [2.05, 4.69) is 134 Å². The third kappa shape index (κ3) is 4.90. The van der Waals surface area contributed by atoms with Crippen molar-refractivity contribution in [3.05, 3.63) is 187 Å². The highest BCUT2D eigenvalue weighted by molar-refractivity contribution is 6.14. The molecule has 0 amide bonds. The molecule has 10 rings (SSSR count). The predicted molar refractivity (Wildman–Crippen MR) is 220 cm³/mol. The van der Waals surface area contributed by atoms with E-state index in [1.54, 1.807) is 0 Å². The van der Waals surface area contributed by atoms with Crippen LogP contribution in [0.2, 0.25) is 0 Å². The second-order valence-electron chi connectivity index (χ2n) is 14.5. The lowest BCUT2D eigenvalue weighted by Gasteiger charge is -2.22. The lowest BCUT2D eigenvalue weighted by Crippen LogP contribution is -2.15. The average molecular weight is 691 g/mol. The van der Waals surface area contributed by atoms with Crippen molar-refractivity contribution >= 4 is 21.8 Å². The van der Waals surface area contributed by atoms with Gasteiger partial charge in [-0.1, -0.05) is 141 Å². The number of nitriles is 1. The first-order chi connectivity index (χ1) is 26.5. The van der Waals surface area contributed by atoms with Crippen LogP contribution in [0, 0.1) is 11.3 Å². The fraction of sp³-hybridized carbons (Fsp3) is 0.0600. The van der Waals surface area contributed by atoms with Gasteiger partial charge in [-0.25, -0.2) is 9.97 Å². The van der Waals surface area contributed by atoms with Gasteiger partial charge in [-0.05, 0) is 75.8 Å². The van der Waals surface area contributed by atoms with E-state index >= 15 is 0 Å². The molecule has 2 heterocycles. The first-order valence-corrected chi connectivity index (χ1v) is 18.3. The lowest BCUT2D eigenvalue weighted by atomic mass is 9.80. The van der Waals surface area contributed by atoms with Crippen LogP contribution in [0.3, 0.4) is 0 Å². The first kappa shape index (κ1) is 31.6. The number of rotatable bonds is 5. The van der Waals surface area contributed by atoms with Gasteiger partial charge in [-0.3, -0.25) is 0 Å². The van der Waals surface area contributed by atoms with Gasteiger partial charge in [-0.15, -0.1) is 0 Å². The van der Waals surface area contributed by atoms with Gasteiger partial charge in [0.1, 0.15) is 0 Å². The summed E-state index contributed by atoms with van der Waals surface area (Å²) in [5.41, 5.74) is 15.4. The highest BCUT2D eigenvalue weighted by atomic mass is 15.0. The summed E-state index contributed by atoms with van der Waals surface area (Å²) in [7, 11) is 0. The van der Waals surface area contributed by atoms with Gasteiger partial charge < -0.3 is 4.57 Å². The van der Waals surface area contributed by atoms with Crippen LogP contribution in [0.5, 0.6) is 0 Å². The Morgan fingerprint density at radius 2 is 1.13 bits per heavy atom. The van der Waals surface area contributed by atoms with Crippen molar-refractivity contribution in [1.29, 1.82) is 5.26 Å². The van der Waals surface area contributed by atoms with E-state index in [0.29, 0.717) is 11.4 Å². The molecule has 0 N–H and O–H groups in total. The third-order valence-electron chi connectivity index (χ3n) is 11.0. The average Bonchev–Trinajstić information content (AvgIpc) is 3.69. The molecule has 2 aromatic heterocycles. The molecule has 7 aromatic carbocycles. The molecule has 254 valence electrons. The van der Waals surface area contributed by atoms with E-state index in [9.17, 15) is 5.26 Å².